The van der Waals surface area contributed by atoms with Gasteiger partial charge >= 0.3 is 12.0 Å². The van der Waals surface area contributed by atoms with Crippen LogP contribution in [0.5, 0.6) is 0 Å². The third kappa shape index (κ3) is 3.56. The zero-order valence-electron chi connectivity index (χ0n) is 12.1. The van der Waals surface area contributed by atoms with Gasteiger partial charge in [-0.2, -0.15) is 0 Å². The van der Waals surface area contributed by atoms with Crippen molar-refractivity contribution in [2.24, 2.45) is 0 Å². The van der Waals surface area contributed by atoms with Crippen molar-refractivity contribution in [1.29, 1.82) is 0 Å². The molecule has 0 spiro atoms. The quantitative estimate of drug-likeness (QED) is 0.844. The largest absolute Gasteiger partial charge is 0.478 e. The standard InChI is InChI=1S/C15H19BrN2O3/c1-9-4-3-5-10(2)18(9)15(21)17-11-6-7-13(16)12(8-11)14(19)20/h6-10H,3-5H2,1-2H3,(H,17,21)(H,19,20). The zero-order chi connectivity index (χ0) is 15.6. The number of likely N-dealkylation sites (tertiary alicyclic amines) is 1. The van der Waals surface area contributed by atoms with Gasteiger partial charge in [0.15, 0.2) is 0 Å². The number of halogens is 1. The first kappa shape index (κ1) is 15.8. The minimum Gasteiger partial charge on any atom is -0.478 e. The first-order valence-electron chi connectivity index (χ1n) is 7.02. The monoisotopic (exact) mass is 354 g/mol. The van der Waals surface area contributed by atoms with Gasteiger partial charge in [0.05, 0.1) is 5.56 Å². The molecule has 0 saturated carbocycles. The van der Waals surface area contributed by atoms with E-state index in [1.165, 1.54) is 6.07 Å². The van der Waals surface area contributed by atoms with Crippen LogP contribution in [0.15, 0.2) is 22.7 Å². The van der Waals surface area contributed by atoms with E-state index in [0.717, 1.165) is 19.3 Å². The van der Waals surface area contributed by atoms with Crippen molar-refractivity contribution < 1.29 is 14.7 Å². The van der Waals surface area contributed by atoms with Gasteiger partial charge in [-0.05, 0) is 67.2 Å². The van der Waals surface area contributed by atoms with Crippen molar-refractivity contribution in [3.63, 3.8) is 0 Å². The van der Waals surface area contributed by atoms with Crippen molar-refractivity contribution in [3.05, 3.63) is 28.2 Å². The number of aromatic carboxylic acids is 1. The van der Waals surface area contributed by atoms with Crippen molar-refractivity contribution in [1.82, 2.24) is 4.90 Å². The molecule has 114 valence electrons. The van der Waals surface area contributed by atoms with Crippen LogP contribution in [-0.4, -0.2) is 34.1 Å². The average Bonchev–Trinajstić information content (AvgIpc) is 2.40. The number of urea groups is 1. The summed E-state index contributed by atoms with van der Waals surface area (Å²) < 4.78 is 0.493. The highest BCUT2D eigenvalue weighted by molar-refractivity contribution is 9.10. The second-order valence-electron chi connectivity index (χ2n) is 5.47. The fourth-order valence-electron chi connectivity index (χ4n) is 2.78. The van der Waals surface area contributed by atoms with E-state index in [4.69, 9.17) is 5.11 Å². The Morgan fingerprint density at radius 2 is 1.90 bits per heavy atom. The molecule has 2 amide bonds. The van der Waals surface area contributed by atoms with Gasteiger partial charge in [0.25, 0.3) is 0 Å². The fraction of sp³-hybridized carbons (Fsp3) is 0.467. The molecule has 0 bridgehead atoms. The molecule has 6 heteroatoms. The number of hydrogen-bond acceptors (Lipinski definition) is 2. The van der Waals surface area contributed by atoms with E-state index >= 15 is 0 Å². The summed E-state index contributed by atoms with van der Waals surface area (Å²) in [5.74, 6) is -1.03. The van der Waals surface area contributed by atoms with Crippen LogP contribution < -0.4 is 5.32 Å². The number of carbonyl (C=O) groups is 2. The number of nitrogens with zero attached hydrogens (tertiary/aromatic N) is 1. The highest BCUT2D eigenvalue weighted by Gasteiger charge is 2.29. The second kappa shape index (κ2) is 6.47. The van der Waals surface area contributed by atoms with E-state index in [1.807, 2.05) is 18.7 Å². The molecule has 1 aromatic rings. The number of carboxylic acids is 1. The molecule has 21 heavy (non-hydrogen) atoms. The number of amides is 2. The summed E-state index contributed by atoms with van der Waals surface area (Å²) in [5, 5.41) is 11.9. The van der Waals surface area contributed by atoms with E-state index in [1.54, 1.807) is 12.1 Å². The molecule has 2 unspecified atom stereocenters. The van der Waals surface area contributed by atoms with Crippen molar-refractivity contribution in [3.8, 4) is 0 Å². The SMILES string of the molecule is CC1CCCC(C)N1C(=O)Nc1ccc(Br)c(C(=O)O)c1. The average molecular weight is 355 g/mol. The minimum atomic E-state index is -1.03. The molecule has 0 aliphatic carbocycles. The summed E-state index contributed by atoms with van der Waals surface area (Å²) in [5.41, 5.74) is 0.623. The summed E-state index contributed by atoms with van der Waals surface area (Å²) in [7, 11) is 0. The summed E-state index contributed by atoms with van der Waals surface area (Å²) in [4.78, 5) is 25.4. The Labute approximate surface area is 132 Å². The van der Waals surface area contributed by atoms with Gasteiger partial charge in [0, 0.05) is 22.2 Å². The van der Waals surface area contributed by atoms with Crippen LogP contribution in [0.1, 0.15) is 43.5 Å². The Hall–Kier alpha value is -1.56. The number of anilines is 1. The van der Waals surface area contributed by atoms with Crippen LogP contribution in [0, 0.1) is 0 Å². The van der Waals surface area contributed by atoms with Crippen LogP contribution in [0.4, 0.5) is 10.5 Å². The van der Waals surface area contributed by atoms with Crippen LogP contribution in [0.3, 0.4) is 0 Å². The Balaban J connectivity index is 2.15. The lowest BCUT2D eigenvalue weighted by molar-refractivity contribution is 0.0695. The van der Waals surface area contributed by atoms with E-state index in [0.29, 0.717) is 10.2 Å². The van der Waals surface area contributed by atoms with Gasteiger partial charge < -0.3 is 15.3 Å². The maximum atomic E-state index is 12.4. The second-order valence-corrected chi connectivity index (χ2v) is 6.32. The molecular formula is C15H19BrN2O3. The Morgan fingerprint density at radius 3 is 2.48 bits per heavy atom. The lowest BCUT2D eigenvalue weighted by Crippen LogP contribution is -2.49. The number of carboxylic acid groups (broad SMARTS) is 1. The lowest BCUT2D eigenvalue weighted by Gasteiger charge is -2.38. The van der Waals surface area contributed by atoms with Gasteiger partial charge in [-0.15, -0.1) is 0 Å². The molecule has 0 radical (unpaired) electrons. The molecule has 1 aliphatic heterocycles. The van der Waals surface area contributed by atoms with Crippen LogP contribution in [-0.2, 0) is 0 Å². The van der Waals surface area contributed by atoms with E-state index in [2.05, 4.69) is 21.2 Å². The number of piperidine rings is 1. The maximum absolute atomic E-state index is 12.4. The first-order valence-corrected chi connectivity index (χ1v) is 7.81. The predicted octanol–water partition coefficient (Wildman–Crippen LogP) is 3.94. The normalized spacial score (nSPS) is 22.0. The summed E-state index contributed by atoms with van der Waals surface area (Å²) in [6, 6.07) is 5.00. The Kier molecular flexibility index (Phi) is 4.88. The number of hydrogen-bond donors (Lipinski definition) is 2. The fourth-order valence-corrected chi connectivity index (χ4v) is 3.19. The maximum Gasteiger partial charge on any atom is 0.336 e. The molecule has 1 fully saturated rings. The molecule has 5 nitrogen and oxygen atoms in total. The van der Waals surface area contributed by atoms with Crippen molar-refractivity contribution in [2.75, 3.05) is 5.32 Å². The molecule has 1 aromatic carbocycles. The van der Waals surface area contributed by atoms with Crippen LogP contribution in [0.2, 0.25) is 0 Å². The molecule has 1 heterocycles. The number of carbonyl (C=O) groups excluding carboxylic acids is 1. The van der Waals surface area contributed by atoms with E-state index in [-0.39, 0.29) is 23.7 Å². The lowest BCUT2D eigenvalue weighted by atomic mass is 9.98. The van der Waals surface area contributed by atoms with Crippen LogP contribution in [0.25, 0.3) is 0 Å². The van der Waals surface area contributed by atoms with E-state index in [9.17, 15) is 9.59 Å². The molecule has 2 atom stereocenters. The molecule has 2 N–H and O–H groups in total. The third-order valence-corrected chi connectivity index (χ3v) is 4.57. The first-order chi connectivity index (χ1) is 9.90. The number of nitrogens with one attached hydrogen (secondary N) is 1. The number of rotatable bonds is 2. The summed E-state index contributed by atoms with van der Waals surface area (Å²) in [6.45, 7) is 4.08. The molecule has 2 rings (SSSR count). The molecule has 1 aliphatic rings. The summed E-state index contributed by atoms with van der Waals surface area (Å²) >= 11 is 3.19. The topological polar surface area (TPSA) is 69.6 Å². The Morgan fingerprint density at radius 1 is 1.29 bits per heavy atom. The smallest absolute Gasteiger partial charge is 0.336 e. The summed E-state index contributed by atoms with van der Waals surface area (Å²) in [6.07, 6.45) is 3.13. The molecular weight excluding hydrogens is 336 g/mol. The van der Waals surface area contributed by atoms with Crippen molar-refractivity contribution in [2.45, 2.75) is 45.2 Å². The van der Waals surface area contributed by atoms with Gasteiger partial charge in [-0.25, -0.2) is 9.59 Å². The highest BCUT2D eigenvalue weighted by Crippen LogP contribution is 2.25. The van der Waals surface area contributed by atoms with Crippen LogP contribution >= 0.6 is 15.9 Å². The van der Waals surface area contributed by atoms with Gasteiger partial charge in [-0.3, -0.25) is 0 Å². The zero-order valence-corrected chi connectivity index (χ0v) is 13.7. The van der Waals surface area contributed by atoms with Gasteiger partial charge in [0.1, 0.15) is 0 Å². The minimum absolute atomic E-state index is 0.132. The highest BCUT2D eigenvalue weighted by atomic mass is 79.9. The van der Waals surface area contributed by atoms with Gasteiger partial charge in [-0.1, -0.05) is 0 Å². The van der Waals surface area contributed by atoms with E-state index < -0.39 is 5.97 Å². The number of benzene rings is 1. The molecule has 1 saturated heterocycles. The third-order valence-electron chi connectivity index (χ3n) is 3.88. The van der Waals surface area contributed by atoms with Gasteiger partial charge in [0.2, 0.25) is 0 Å². The molecule has 0 aromatic heterocycles. The predicted molar refractivity (Wildman–Crippen MR) is 84.7 cm³/mol. The Bertz CT molecular complexity index is 552. The van der Waals surface area contributed by atoms with Crippen molar-refractivity contribution >= 4 is 33.6 Å².